The Morgan fingerprint density at radius 2 is 1.88 bits per heavy atom. The van der Waals surface area contributed by atoms with Gasteiger partial charge in [-0.1, -0.05) is 23.9 Å². The smallest absolute Gasteiger partial charge is 0.254 e. The van der Waals surface area contributed by atoms with E-state index < -0.39 is 9.84 Å². The Balaban J connectivity index is 1.20. The monoisotopic (exact) mass is 486 g/mol. The number of thioether (sulfide) groups is 1. The fourth-order valence-corrected chi connectivity index (χ4v) is 8.10. The van der Waals surface area contributed by atoms with Crippen LogP contribution in [0.4, 0.5) is 11.4 Å². The van der Waals surface area contributed by atoms with Crippen LogP contribution < -0.4 is 15.0 Å². The summed E-state index contributed by atoms with van der Waals surface area (Å²) in [5, 5.41) is 3.97. The predicted molar refractivity (Wildman–Crippen MR) is 132 cm³/mol. The third-order valence-corrected chi connectivity index (χ3v) is 9.31. The van der Waals surface area contributed by atoms with E-state index >= 15 is 0 Å². The molecular weight excluding hydrogens is 460 g/mol. The van der Waals surface area contributed by atoms with Crippen LogP contribution in [0.5, 0.6) is 5.75 Å². The summed E-state index contributed by atoms with van der Waals surface area (Å²) >= 11 is 1.47. The van der Waals surface area contributed by atoms with E-state index in [-0.39, 0.29) is 28.7 Å². The van der Waals surface area contributed by atoms with Crippen LogP contribution in [-0.2, 0) is 9.84 Å². The number of nitrogens with zero attached hydrogens (tertiary/aromatic N) is 3. The molecule has 1 N–H and O–H groups in total. The summed E-state index contributed by atoms with van der Waals surface area (Å²) in [5.74, 6) is 1.13. The number of rotatable bonds is 4. The number of nitrogens with one attached hydrogen (secondary N) is 1. The van der Waals surface area contributed by atoms with E-state index in [1.54, 1.807) is 7.11 Å². The lowest BCUT2D eigenvalue weighted by Crippen LogP contribution is -2.48. The van der Waals surface area contributed by atoms with Crippen molar-refractivity contribution in [1.29, 1.82) is 0 Å². The number of carbonyl (C=O) groups excluding carboxylic acids is 1. The summed E-state index contributed by atoms with van der Waals surface area (Å²) in [5.41, 5.74) is 2.51. The Hall–Kier alpha value is -2.72. The minimum Gasteiger partial charge on any atom is -0.497 e. The Bertz CT molecular complexity index is 1190. The number of benzene rings is 2. The Labute approximate surface area is 197 Å². The van der Waals surface area contributed by atoms with Gasteiger partial charge in [0.25, 0.3) is 5.91 Å². The maximum absolute atomic E-state index is 13.1. The molecule has 0 spiro atoms. The number of methoxy groups -OCH3 is 1. The van der Waals surface area contributed by atoms with Gasteiger partial charge >= 0.3 is 0 Å². The molecule has 10 heteroatoms. The molecule has 8 nitrogen and oxygen atoms in total. The zero-order valence-electron chi connectivity index (χ0n) is 18.3. The van der Waals surface area contributed by atoms with E-state index in [4.69, 9.17) is 4.74 Å². The molecule has 33 heavy (non-hydrogen) atoms. The molecule has 174 valence electrons. The summed E-state index contributed by atoms with van der Waals surface area (Å²) in [6.07, 6.45) is 0. The second kappa shape index (κ2) is 8.90. The van der Waals surface area contributed by atoms with E-state index in [2.05, 4.69) is 21.3 Å². The molecule has 1 amide bonds. The topological polar surface area (TPSA) is 91.3 Å². The van der Waals surface area contributed by atoms with Gasteiger partial charge in [0.15, 0.2) is 15.0 Å². The standard InChI is InChI=1S/C23H26N4O4S2/c1-31-19-7-3-6-18(13-19)26-8-10-27(11-9-26)22(28)16-4-2-5-17(12-16)24-23-25-20-14-33(29,30)15-21(20)32-23/h2-7,12-13,20-21H,8-11,14-15H2,1H3,(H,24,25). The number of amidine groups is 1. The van der Waals surface area contributed by atoms with Crippen LogP contribution in [0.15, 0.2) is 53.5 Å². The lowest BCUT2D eigenvalue weighted by molar-refractivity contribution is 0.0747. The van der Waals surface area contributed by atoms with Crippen LogP contribution in [0.1, 0.15) is 10.4 Å². The van der Waals surface area contributed by atoms with E-state index in [1.165, 1.54) is 11.8 Å². The van der Waals surface area contributed by atoms with Crippen molar-refractivity contribution in [2.75, 3.05) is 55.0 Å². The quantitative estimate of drug-likeness (QED) is 0.709. The summed E-state index contributed by atoms with van der Waals surface area (Å²) in [6.45, 7) is 2.81. The third-order valence-electron chi connectivity index (χ3n) is 6.16. The predicted octanol–water partition coefficient (Wildman–Crippen LogP) is 2.34. The van der Waals surface area contributed by atoms with Crippen LogP contribution in [0.3, 0.4) is 0 Å². The number of fused-ring (bicyclic) bond motifs is 1. The van der Waals surface area contributed by atoms with Crippen molar-refractivity contribution in [2.45, 2.75) is 11.3 Å². The van der Waals surface area contributed by atoms with Crippen LogP contribution in [0, 0.1) is 0 Å². The van der Waals surface area contributed by atoms with Gasteiger partial charge < -0.3 is 19.9 Å². The van der Waals surface area contributed by atoms with Gasteiger partial charge in [-0.2, -0.15) is 0 Å². The van der Waals surface area contributed by atoms with E-state index in [9.17, 15) is 13.2 Å². The Morgan fingerprint density at radius 3 is 2.64 bits per heavy atom. The second-order valence-electron chi connectivity index (χ2n) is 8.42. The van der Waals surface area contributed by atoms with Crippen molar-refractivity contribution in [3.05, 3.63) is 54.1 Å². The van der Waals surface area contributed by atoms with Crippen LogP contribution in [0.25, 0.3) is 0 Å². The van der Waals surface area contributed by atoms with Crippen LogP contribution >= 0.6 is 11.8 Å². The number of aliphatic imine (C=N–C) groups is 1. The van der Waals surface area contributed by atoms with E-state index in [1.807, 2.05) is 47.4 Å². The van der Waals surface area contributed by atoms with Gasteiger partial charge in [0, 0.05) is 54.4 Å². The minimum atomic E-state index is -2.97. The van der Waals surface area contributed by atoms with E-state index in [0.717, 1.165) is 35.4 Å². The first-order chi connectivity index (χ1) is 15.9. The molecule has 0 saturated carbocycles. The van der Waals surface area contributed by atoms with Gasteiger partial charge in [0.1, 0.15) is 5.75 Å². The highest BCUT2D eigenvalue weighted by molar-refractivity contribution is 8.15. The minimum absolute atomic E-state index is 0.00733. The maximum Gasteiger partial charge on any atom is 0.254 e. The molecule has 3 heterocycles. The molecule has 2 unspecified atom stereocenters. The largest absolute Gasteiger partial charge is 0.497 e. The third kappa shape index (κ3) is 4.81. The zero-order valence-corrected chi connectivity index (χ0v) is 19.9. The first-order valence-electron chi connectivity index (χ1n) is 10.9. The summed E-state index contributed by atoms with van der Waals surface area (Å²) < 4.78 is 28.8. The molecule has 2 aromatic rings. The van der Waals surface area contributed by atoms with Gasteiger partial charge in [-0.15, -0.1) is 0 Å². The van der Waals surface area contributed by atoms with E-state index in [0.29, 0.717) is 18.7 Å². The van der Waals surface area contributed by atoms with Crippen molar-refractivity contribution in [1.82, 2.24) is 4.90 Å². The highest BCUT2D eigenvalue weighted by atomic mass is 32.2. The van der Waals surface area contributed by atoms with Crippen molar-refractivity contribution in [3.63, 3.8) is 0 Å². The van der Waals surface area contributed by atoms with Crippen molar-refractivity contribution in [3.8, 4) is 5.75 Å². The molecule has 3 aliphatic rings. The van der Waals surface area contributed by atoms with Crippen molar-refractivity contribution in [2.24, 2.45) is 4.99 Å². The second-order valence-corrected chi connectivity index (χ2v) is 11.8. The lowest BCUT2D eigenvalue weighted by atomic mass is 10.1. The molecule has 3 aliphatic heterocycles. The molecule has 2 fully saturated rings. The molecule has 2 atom stereocenters. The molecule has 5 rings (SSSR count). The molecule has 0 radical (unpaired) electrons. The Morgan fingerprint density at radius 1 is 1.09 bits per heavy atom. The average molecular weight is 487 g/mol. The first kappa shape index (κ1) is 22.1. The number of hydrogen-bond acceptors (Lipinski definition) is 8. The molecule has 0 bridgehead atoms. The number of carbonyl (C=O) groups is 1. The summed E-state index contributed by atoms with van der Waals surface area (Å²) in [4.78, 5) is 21.8. The number of hydrogen-bond donors (Lipinski definition) is 1. The van der Waals surface area contributed by atoms with Crippen LogP contribution in [0.2, 0.25) is 0 Å². The normalized spacial score (nSPS) is 23.7. The van der Waals surface area contributed by atoms with Gasteiger partial charge in [-0.05, 0) is 30.3 Å². The summed E-state index contributed by atoms with van der Waals surface area (Å²) in [7, 11) is -1.31. The lowest BCUT2D eigenvalue weighted by Gasteiger charge is -2.36. The number of anilines is 2. The number of ether oxygens (including phenoxy) is 1. The molecule has 2 aromatic carbocycles. The number of sulfone groups is 1. The van der Waals surface area contributed by atoms with Gasteiger partial charge in [0.2, 0.25) is 0 Å². The van der Waals surface area contributed by atoms with Crippen molar-refractivity contribution < 1.29 is 17.9 Å². The van der Waals surface area contributed by atoms with Gasteiger partial charge in [-0.3, -0.25) is 9.79 Å². The van der Waals surface area contributed by atoms with Crippen molar-refractivity contribution >= 4 is 44.0 Å². The molecule has 0 aromatic heterocycles. The van der Waals surface area contributed by atoms with Gasteiger partial charge in [0.05, 0.1) is 24.7 Å². The van der Waals surface area contributed by atoms with Crippen LogP contribution in [-0.4, -0.2) is 80.5 Å². The average Bonchev–Trinajstić information content (AvgIpc) is 3.31. The first-order valence-corrected chi connectivity index (χ1v) is 13.6. The molecular formula is C23H26N4O4S2. The zero-order chi connectivity index (χ0) is 23.0. The fraction of sp³-hybridized carbons (Fsp3) is 0.391. The fourth-order valence-electron chi connectivity index (χ4n) is 4.43. The summed E-state index contributed by atoms with van der Waals surface area (Å²) in [6, 6.07) is 15.2. The number of piperazine rings is 1. The van der Waals surface area contributed by atoms with Gasteiger partial charge in [-0.25, -0.2) is 8.42 Å². The Kier molecular flexibility index (Phi) is 5.96. The maximum atomic E-state index is 13.1. The SMILES string of the molecule is COc1cccc(N2CCN(C(=O)c3cccc(NC4=NC5CS(=O)(=O)CC5S4)c3)CC2)c1. The highest BCUT2D eigenvalue weighted by Gasteiger charge is 2.42. The highest BCUT2D eigenvalue weighted by Crippen LogP contribution is 2.34. The molecule has 2 saturated heterocycles. The number of amides is 1. The molecule has 0 aliphatic carbocycles.